The van der Waals surface area contributed by atoms with Crippen LogP contribution in [-0.2, 0) is 53.5 Å². The van der Waals surface area contributed by atoms with Crippen molar-refractivity contribution >= 4 is 0 Å². The molecule has 9 heavy (non-hydrogen) atoms. The molecule has 0 aromatic rings. The minimum absolute atomic E-state index is 0. The Bertz CT molecular complexity index is 19.8. The third-order valence-corrected chi connectivity index (χ3v) is 0.167. The molecule has 0 aromatic heterocycles. The largest absolute Gasteiger partial charge is 3.00 e. The third-order valence-electron chi connectivity index (χ3n) is 0.167. The predicted molar refractivity (Wildman–Crippen MR) is 20.2 cm³/mol. The molecule has 0 aliphatic rings. The van der Waals surface area contributed by atoms with Crippen LogP contribution in [0.2, 0.25) is 0 Å². The Labute approximate surface area is 78.2 Å². The Kier molecular flexibility index (Phi) is 366. The van der Waals surface area contributed by atoms with Gasteiger partial charge in [0, 0.05) is 13.1 Å². The molecule has 0 saturated heterocycles. The molecule has 0 radical (unpaired) electrons. The standard InChI is InChI=1S/C2H8N2.3O.2V/c3-1-2-4;;;;;/h1-4H2;;;;;/q;3*-2;2*+3. The van der Waals surface area contributed by atoms with Crippen molar-refractivity contribution in [3.63, 3.8) is 0 Å². The zero-order valence-corrected chi connectivity index (χ0v) is 7.48. The van der Waals surface area contributed by atoms with Gasteiger partial charge in [-0.05, 0) is 0 Å². The van der Waals surface area contributed by atoms with Crippen LogP contribution in [0.3, 0.4) is 0 Å². The second-order valence-electron chi connectivity index (χ2n) is 0.577. The molecule has 0 aliphatic carbocycles. The molecule has 0 spiro atoms. The maximum absolute atomic E-state index is 4.90. The topological polar surface area (TPSA) is 138 Å². The van der Waals surface area contributed by atoms with E-state index in [2.05, 4.69) is 0 Å². The molecule has 0 aliphatic heterocycles. The van der Waals surface area contributed by atoms with Crippen molar-refractivity contribution in [2.45, 2.75) is 0 Å². The Morgan fingerprint density at radius 1 is 0.667 bits per heavy atom. The average molecular weight is 210 g/mol. The summed E-state index contributed by atoms with van der Waals surface area (Å²) in [4.78, 5) is 0. The fraction of sp³-hybridized carbons (Fsp3) is 1.00. The van der Waals surface area contributed by atoms with Gasteiger partial charge < -0.3 is 27.9 Å². The van der Waals surface area contributed by atoms with E-state index in [0.717, 1.165) is 0 Å². The summed E-state index contributed by atoms with van der Waals surface area (Å²) in [6.45, 7) is 1.19. The maximum atomic E-state index is 4.90. The number of hydrogen-bond acceptors (Lipinski definition) is 2. The van der Waals surface area contributed by atoms with Gasteiger partial charge >= 0.3 is 37.1 Å². The van der Waals surface area contributed by atoms with E-state index in [1.807, 2.05) is 0 Å². The van der Waals surface area contributed by atoms with Crippen molar-refractivity contribution in [1.82, 2.24) is 0 Å². The number of rotatable bonds is 1. The quantitative estimate of drug-likeness (QED) is 0.546. The van der Waals surface area contributed by atoms with E-state index in [9.17, 15) is 0 Å². The smallest absolute Gasteiger partial charge is 2.00 e. The number of nitrogens with two attached hydrogens (primary N) is 2. The normalized spacial score (nSPS) is 3.33. The van der Waals surface area contributed by atoms with E-state index in [1.54, 1.807) is 0 Å². The van der Waals surface area contributed by atoms with E-state index < -0.39 is 0 Å². The van der Waals surface area contributed by atoms with Gasteiger partial charge in [-0.1, -0.05) is 0 Å². The van der Waals surface area contributed by atoms with E-state index in [-0.39, 0.29) is 53.5 Å². The van der Waals surface area contributed by atoms with Gasteiger partial charge in [0.2, 0.25) is 0 Å². The molecule has 0 rings (SSSR count). The summed E-state index contributed by atoms with van der Waals surface area (Å²) in [6, 6.07) is 0. The second-order valence-corrected chi connectivity index (χ2v) is 0.577. The van der Waals surface area contributed by atoms with E-state index in [1.165, 1.54) is 0 Å². The number of hydrogen-bond donors (Lipinski definition) is 2. The Morgan fingerprint density at radius 2 is 0.778 bits per heavy atom. The van der Waals surface area contributed by atoms with Crippen LogP contribution in [0.5, 0.6) is 0 Å². The van der Waals surface area contributed by atoms with Gasteiger partial charge in [-0.15, -0.1) is 0 Å². The van der Waals surface area contributed by atoms with Gasteiger partial charge in [0.25, 0.3) is 0 Å². The second kappa shape index (κ2) is 64.6. The zero-order chi connectivity index (χ0) is 3.41. The first kappa shape index (κ1) is 50.9. The van der Waals surface area contributed by atoms with Crippen LogP contribution in [0.15, 0.2) is 0 Å². The van der Waals surface area contributed by atoms with Crippen LogP contribution in [0.4, 0.5) is 0 Å². The molecule has 0 bridgehead atoms. The van der Waals surface area contributed by atoms with E-state index in [0.29, 0.717) is 13.1 Å². The molecular weight excluding hydrogens is 202 g/mol. The fourth-order valence-electron chi connectivity index (χ4n) is 0. The molecule has 7 heteroatoms. The minimum atomic E-state index is 0. The van der Waals surface area contributed by atoms with Crippen molar-refractivity contribution in [3.05, 3.63) is 0 Å². The van der Waals surface area contributed by atoms with Gasteiger partial charge in [-0.2, -0.15) is 0 Å². The van der Waals surface area contributed by atoms with Gasteiger partial charge in [0.05, 0.1) is 0 Å². The zero-order valence-electron chi connectivity index (χ0n) is 4.69. The maximum Gasteiger partial charge on any atom is 3.00 e. The summed E-state index contributed by atoms with van der Waals surface area (Å²) in [5, 5.41) is 0. The van der Waals surface area contributed by atoms with Gasteiger partial charge in [0.1, 0.15) is 0 Å². The first-order chi connectivity index (χ1) is 1.91. The molecule has 0 atom stereocenters. The summed E-state index contributed by atoms with van der Waals surface area (Å²) in [5.74, 6) is 0. The van der Waals surface area contributed by atoms with Gasteiger partial charge in [0.15, 0.2) is 0 Å². The van der Waals surface area contributed by atoms with E-state index >= 15 is 0 Å². The summed E-state index contributed by atoms with van der Waals surface area (Å²) < 4.78 is 0. The van der Waals surface area contributed by atoms with Crippen LogP contribution in [-0.4, -0.2) is 13.1 Å². The molecule has 0 aromatic carbocycles. The van der Waals surface area contributed by atoms with Crippen LogP contribution < -0.4 is 11.5 Å². The monoisotopic (exact) mass is 210 g/mol. The molecule has 0 saturated carbocycles. The van der Waals surface area contributed by atoms with Crippen molar-refractivity contribution < 1.29 is 53.5 Å². The molecule has 0 unspecified atom stereocenters. The molecule has 0 fully saturated rings. The third kappa shape index (κ3) is 112. The Hall–Kier alpha value is 0.969. The van der Waals surface area contributed by atoms with Crippen LogP contribution in [0.1, 0.15) is 0 Å². The predicted octanol–water partition coefficient (Wildman–Crippen LogP) is -1.46. The van der Waals surface area contributed by atoms with Crippen LogP contribution >= 0.6 is 0 Å². The fourth-order valence-corrected chi connectivity index (χ4v) is 0. The summed E-state index contributed by atoms with van der Waals surface area (Å²) in [5.41, 5.74) is 9.81. The Morgan fingerprint density at radius 3 is 0.778 bits per heavy atom. The summed E-state index contributed by atoms with van der Waals surface area (Å²) in [6.07, 6.45) is 0. The summed E-state index contributed by atoms with van der Waals surface area (Å²) >= 11 is 0. The first-order valence-electron chi connectivity index (χ1n) is 1.32. The molecule has 0 heterocycles. The van der Waals surface area contributed by atoms with E-state index in [4.69, 9.17) is 11.5 Å². The molecule has 5 nitrogen and oxygen atoms in total. The average Bonchev–Trinajstić information content (AvgIpc) is 1.37. The molecular formula is C2H8N2O3V2. The Balaban J connectivity index is -0.00000000450. The van der Waals surface area contributed by atoms with Crippen molar-refractivity contribution in [2.24, 2.45) is 11.5 Å². The first-order valence-corrected chi connectivity index (χ1v) is 1.32. The van der Waals surface area contributed by atoms with Crippen molar-refractivity contribution in [3.8, 4) is 0 Å². The van der Waals surface area contributed by atoms with Gasteiger partial charge in [-0.3, -0.25) is 0 Å². The van der Waals surface area contributed by atoms with Crippen LogP contribution in [0, 0.1) is 0 Å². The summed E-state index contributed by atoms with van der Waals surface area (Å²) in [7, 11) is 0. The van der Waals surface area contributed by atoms with Crippen molar-refractivity contribution in [1.29, 1.82) is 0 Å². The SMILES string of the molecule is NCCN.[O-2].[O-2].[O-2].[V+3].[V+3]. The minimum Gasteiger partial charge on any atom is -2.00 e. The molecule has 0 amide bonds. The molecule has 4 N–H and O–H groups in total. The van der Waals surface area contributed by atoms with Crippen molar-refractivity contribution in [2.75, 3.05) is 13.1 Å². The molecule has 54 valence electrons. The van der Waals surface area contributed by atoms with Crippen LogP contribution in [0.25, 0.3) is 0 Å². The van der Waals surface area contributed by atoms with Gasteiger partial charge in [-0.25, -0.2) is 0 Å².